The highest BCUT2D eigenvalue weighted by Crippen LogP contribution is 2.20. The van der Waals surface area contributed by atoms with Crippen molar-refractivity contribution in [3.63, 3.8) is 0 Å². The third-order valence-corrected chi connectivity index (χ3v) is 5.88. The highest BCUT2D eigenvalue weighted by Gasteiger charge is 2.26. The zero-order valence-corrected chi connectivity index (χ0v) is 18.3. The number of halogens is 1. The Morgan fingerprint density at radius 2 is 1.82 bits per heavy atom. The van der Waals surface area contributed by atoms with Crippen LogP contribution in [0.4, 0.5) is 5.69 Å². The van der Waals surface area contributed by atoms with Crippen LogP contribution in [0.15, 0.2) is 44.3 Å². The Bertz CT molecular complexity index is 993. The lowest BCUT2D eigenvalue weighted by atomic mass is 10.1. The minimum atomic E-state index is -3.89. The third kappa shape index (κ3) is 6.18. The Hall–Kier alpha value is -2.17. The van der Waals surface area contributed by atoms with Crippen molar-refractivity contribution in [1.82, 2.24) is 10.0 Å². The summed E-state index contributed by atoms with van der Waals surface area (Å²) >= 11 is 3.38. The van der Waals surface area contributed by atoms with Gasteiger partial charge in [0.1, 0.15) is 0 Å². The predicted octanol–water partition coefficient (Wildman–Crippen LogP) is 2.80. The summed E-state index contributed by atoms with van der Waals surface area (Å²) in [4.78, 5) is 24.1. The van der Waals surface area contributed by atoms with Gasteiger partial charge in [-0.1, -0.05) is 15.9 Å². The number of hydrogen-bond donors (Lipinski definition) is 3. The summed E-state index contributed by atoms with van der Waals surface area (Å²) in [7, 11) is -3.89. The van der Waals surface area contributed by atoms with Gasteiger partial charge in [0.2, 0.25) is 11.0 Å². The first-order valence-electron chi connectivity index (χ1n) is 8.35. The molecule has 2 amide bonds. The number of anilines is 1. The van der Waals surface area contributed by atoms with E-state index in [1.54, 1.807) is 39.0 Å². The Morgan fingerprint density at radius 3 is 2.43 bits per heavy atom. The maximum atomic E-state index is 12.2. The second-order valence-corrected chi connectivity index (χ2v) is 9.64. The lowest BCUT2D eigenvalue weighted by molar-refractivity contribution is -0.115. The van der Waals surface area contributed by atoms with Crippen LogP contribution >= 0.6 is 15.9 Å². The zero-order valence-electron chi connectivity index (χ0n) is 15.9. The van der Waals surface area contributed by atoms with Crippen LogP contribution in [0.25, 0.3) is 0 Å². The standard InChI is InChI=1S/C18H22BrN3O5S/c1-11-9-12(5-6-13(11)19)21-15(23)10-20-17(24)14-7-8-16(27-14)28(25,26)22-18(2,3)4/h5-9,22H,10H2,1-4H3,(H,20,24)(H,21,23). The van der Waals surface area contributed by atoms with E-state index in [1.165, 1.54) is 12.1 Å². The van der Waals surface area contributed by atoms with Crippen molar-refractivity contribution < 1.29 is 22.4 Å². The number of rotatable bonds is 6. The first-order chi connectivity index (χ1) is 12.9. The lowest BCUT2D eigenvalue weighted by Crippen LogP contribution is -2.40. The van der Waals surface area contributed by atoms with Crippen LogP contribution in [-0.2, 0) is 14.8 Å². The number of carbonyl (C=O) groups excluding carboxylic acids is 2. The molecule has 0 saturated carbocycles. The zero-order chi connectivity index (χ0) is 21.1. The van der Waals surface area contributed by atoms with Gasteiger partial charge in [-0.05, 0) is 63.6 Å². The van der Waals surface area contributed by atoms with E-state index in [2.05, 4.69) is 31.3 Å². The van der Waals surface area contributed by atoms with Gasteiger partial charge in [0.05, 0.1) is 6.54 Å². The first-order valence-corrected chi connectivity index (χ1v) is 10.6. The van der Waals surface area contributed by atoms with E-state index in [0.29, 0.717) is 5.69 Å². The molecule has 0 aliphatic heterocycles. The molecule has 0 spiro atoms. The van der Waals surface area contributed by atoms with Gasteiger partial charge < -0.3 is 15.1 Å². The molecule has 0 unspecified atom stereocenters. The number of nitrogens with one attached hydrogen (secondary N) is 3. The van der Waals surface area contributed by atoms with Crippen molar-refractivity contribution in [3.8, 4) is 0 Å². The van der Waals surface area contributed by atoms with Gasteiger partial charge in [-0.2, -0.15) is 0 Å². The van der Waals surface area contributed by atoms with E-state index in [9.17, 15) is 18.0 Å². The van der Waals surface area contributed by atoms with Gasteiger partial charge in [-0.25, -0.2) is 13.1 Å². The van der Waals surface area contributed by atoms with Crippen molar-refractivity contribution in [2.75, 3.05) is 11.9 Å². The summed E-state index contributed by atoms with van der Waals surface area (Å²) in [6.07, 6.45) is 0. The average Bonchev–Trinajstić information content (AvgIpc) is 3.05. The molecular formula is C18H22BrN3O5S. The molecule has 8 nitrogen and oxygen atoms in total. The number of hydrogen-bond acceptors (Lipinski definition) is 5. The van der Waals surface area contributed by atoms with Crippen LogP contribution in [0.3, 0.4) is 0 Å². The molecule has 152 valence electrons. The van der Waals surface area contributed by atoms with Gasteiger partial charge in [-0.3, -0.25) is 9.59 Å². The first kappa shape index (κ1) is 22.1. The number of aryl methyl sites for hydroxylation is 1. The topological polar surface area (TPSA) is 118 Å². The molecule has 1 aromatic carbocycles. The second kappa shape index (κ2) is 8.46. The molecular weight excluding hydrogens is 450 g/mol. The molecule has 1 aromatic heterocycles. The van der Waals surface area contributed by atoms with Crippen LogP contribution in [0.5, 0.6) is 0 Å². The molecule has 1 heterocycles. The molecule has 28 heavy (non-hydrogen) atoms. The van der Waals surface area contributed by atoms with Crippen LogP contribution in [-0.4, -0.2) is 32.3 Å². The fourth-order valence-electron chi connectivity index (χ4n) is 2.22. The Labute approximate surface area is 172 Å². The third-order valence-electron chi connectivity index (χ3n) is 3.36. The maximum absolute atomic E-state index is 12.2. The summed E-state index contributed by atoms with van der Waals surface area (Å²) in [6, 6.07) is 7.74. The van der Waals surface area contributed by atoms with Crippen molar-refractivity contribution >= 4 is 43.5 Å². The summed E-state index contributed by atoms with van der Waals surface area (Å²) in [5.41, 5.74) is 0.854. The fourth-order valence-corrected chi connectivity index (χ4v) is 3.82. The SMILES string of the molecule is Cc1cc(NC(=O)CNC(=O)c2ccc(S(=O)(=O)NC(C)(C)C)o2)ccc1Br. The van der Waals surface area contributed by atoms with E-state index in [0.717, 1.165) is 10.0 Å². The molecule has 0 atom stereocenters. The van der Waals surface area contributed by atoms with Crippen LogP contribution in [0.1, 0.15) is 36.9 Å². The van der Waals surface area contributed by atoms with Crippen LogP contribution in [0.2, 0.25) is 0 Å². The Morgan fingerprint density at radius 1 is 1.14 bits per heavy atom. The fraction of sp³-hybridized carbons (Fsp3) is 0.333. The molecule has 0 bridgehead atoms. The maximum Gasteiger partial charge on any atom is 0.287 e. The summed E-state index contributed by atoms with van der Waals surface area (Å²) in [5.74, 6) is -1.33. The highest BCUT2D eigenvalue weighted by atomic mass is 79.9. The molecule has 10 heteroatoms. The second-order valence-electron chi connectivity index (χ2n) is 7.17. The van der Waals surface area contributed by atoms with Gasteiger partial charge >= 0.3 is 0 Å². The van der Waals surface area contributed by atoms with Crippen molar-refractivity contribution in [2.24, 2.45) is 0 Å². The molecule has 3 N–H and O–H groups in total. The minimum Gasteiger partial charge on any atom is -0.438 e. The van der Waals surface area contributed by atoms with Gasteiger partial charge in [0.25, 0.3) is 15.9 Å². The van der Waals surface area contributed by atoms with E-state index in [4.69, 9.17) is 4.42 Å². The summed E-state index contributed by atoms with van der Waals surface area (Å²) < 4.78 is 32.9. The average molecular weight is 472 g/mol. The number of benzene rings is 1. The molecule has 0 aliphatic rings. The van der Waals surface area contributed by atoms with Crippen LogP contribution < -0.4 is 15.4 Å². The highest BCUT2D eigenvalue weighted by molar-refractivity contribution is 9.10. The number of carbonyl (C=O) groups is 2. The number of sulfonamides is 1. The van der Waals surface area contributed by atoms with E-state index >= 15 is 0 Å². The molecule has 0 saturated heterocycles. The number of amides is 2. The van der Waals surface area contributed by atoms with Crippen LogP contribution in [0, 0.1) is 6.92 Å². The molecule has 2 aromatic rings. The monoisotopic (exact) mass is 471 g/mol. The summed E-state index contributed by atoms with van der Waals surface area (Å²) in [6.45, 7) is 6.65. The quantitative estimate of drug-likeness (QED) is 0.598. The lowest BCUT2D eigenvalue weighted by Gasteiger charge is -2.18. The van der Waals surface area contributed by atoms with Gasteiger partial charge in [-0.15, -0.1) is 0 Å². The van der Waals surface area contributed by atoms with Crippen molar-refractivity contribution in [3.05, 3.63) is 46.1 Å². The van der Waals surface area contributed by atoms with E-state index in [1.807, 2.05) is 6.92 Å². The Kier molecular flexibility index (Phi) is 6.68. The van der Waals surface area contributed by atoms with Gasteiger partial charge in [0.15, 0.2) is 5.76 Å². The minimum absolute atomic E-state index is 0.207. The Balaban J connectivity index is 1.95. The molecule has 2 rings (SSSR count). The molecule has 0 aliphatic carbocycles. The number of furan rings is 1. The normalized spacial score (nSPS) is 11.9. The van der Waals surface area contributed by atoms with E-state index in [-0.39, 0.29) is 17.4 Å². The smallest absolute Gasteiger partial charge is 0.287 e. The van der Waals surface area contributed by atoms with E-state index < -0.39 is 27.4 Å². The van der Waals surface area contributed by atoms with Gasteiger partial charge in [0, 0.05) is 15.7 Å². The molecule has 0 fully saturated rings. The predicted molar refractivity (Wildman–Crippen MR) is 109 cm³/mol. The van der Waals surface area contributed by atoms with Crippen molar-refractivity contribution in [1.29, 1.82) is 0 Å². The van der Waals surface area contributed by atoms with Crippen molar-refractivity contribution in [2.45, 2.75) is 38.3 Å². The largest absolute Gasteiger partial charge is 0.438 e. The summed E-state index contributed by atoms with van der Waals surface area (Å²) in [5, 5.41) is 4.68. The molecule has 0 radical (unpaired) electrons.